The number of nitrogens with zero attached hydrogens (tertiary/aromatic N) is 5. The van der Waals surface area contributed by atoms with Crippen molar-refractivity contribution in [3.05, 3.63) is 30.6 Å². The number of hydrogen-bond acceptors (Lipinski definition) is 6. The maximum atomic E-state index is 5.65. The lowest BCUT2D eigenvalue weighted by molar-refractivity contribution is -0.683. The van der Waals surface area contributed by atoms with Crippen LogP contribution >= 0.6 is 17.0 Å². The van der Waals surface area contributed by atoms with E-state index in [1.54, 1.807) is 0 Å². The summed E-state index contributed by atoms with van der Waals surface area (Å²) in [6.45, 7) is 4.91. The van der Waals surface area contributed by atoms with Crippen molar-refractivity contribution in [2.24, 2.45) is 21.7 Å². The molecule has 0 saturated heterocycles. The molecule has 9 heteroatoms. The van der Waals surface area contributed by atoms with Gasteiger partial charge in [0.05, 0.1) is 36.9 Å². The number of rotatable bonds is 8. The van der Waals surface area contributed by atoms with Gasteiger partial charge in [-0.1, -0.05) is 5.11 Å². The molecule has 0 aliphatic carbocycles. The Bertz CT molecular complexity index is 732. The van der Waals surface area contributed by atoms with Crippen LogP contribution in [0.15, 0.2) is 40.8 Å². The number of anilines is 2. The van der Waals surface area contributed by atoms with Gasteiger partial charge >= 0.3 is 5.95 Å². The molecule has 1 aromatic heterocycles. The molecule has 148 valence electrons. The maximum absolute atomic E-state index is 5.65. The van der Waals surface area contributed by atoms with E-state index in [0.29, 0.717) is 13.1 Å². The summed E-state index contributed by atoms with van der Waals surface area (Å²) in [6, 6.07) is 6.14. The van der Waals surface area contributed by atoms with Gasteiger partial charge in [-0.15, -0.1) is 17.0 Å². The number of halogens is 1. The van der Waals surface area contributed by atoms with Gasteiger partial charge in [-0.25, -0.2) is 9.13 Å². The highest BCUT2D eigenvalue weighted by Crippen LogP contribution is 2.32. The predicted octanol–water partition coefficient (Wildman–Crippen LogP) is 2.33. The van der Waals surface area contributed by atoms with Crippen molar-refractivity contribution in [1.29, 1.82) is 0 Å². The zero-order chi connectivity index (χ0) is 18.4. The van der Waals surface area contributed by atoms with E-state index in [1.807, 2.05) is 24.5 Å². The van der Waals surface area contributed by atoms with Crippen molar-refractivity contribution < 1.29 is 4.57 Å². The Kier molecular flexibility index (Phi) is 8.21. The molecule has 0 amide bonds. The summed E-state index contributed by atoms with van der Waals surface area (Å²) in [5.41, 5.74) is 14.4. The Balaban J connectivity index is 0.00000261. The number of benzene rings is 1. The van der Waals surface area contributed by atoms with Gasteiger partial charge in [0.25, 0.3) is 0 Å². The molecule has 3 rings (SSSR count). The van der Waals surface area contributed by atoms with E-state index in [9.17, 15) is 0 Å². The van der Waals surface area contributed by atoms with Crippen LogP contribution in [0.5, 0.6) is 0 Å². The smallest absolute Gasteiger partial charge is 0.382 e. The van der Waals surface area contributed by atoms with Crippen LogP contribution in [0.1, 0.15) is 12.8 Å². The molecule has 8 nitrogen and oxygen atoms in total. The normalized spacial score (nSPS) is 13.4. The van der Waals surface area contributed by atoms with E-state index < -0.39 is 0 Å². The molecule has 1 aromatic carbocycles. The number of fused-ring (bicyclic) bond motifs is 1. The van der Waals surface area contributed by atoms with Gasteiger partial charge in [0, 0.05) is 25.3 Å². The molecule has 0 bridgehead atoms. The fraction of sp³-hybridized carbons (Fsp3) is 0.500. The zero-order valence-corrected chi connectivity index (χ0v) is 17.6. The number of imidazole rings is 1. The molecule has 0 unspecified atom stereocenters. The summed E-state index contributed by atoms with van der Waals surface area (Å²) < 4.78 is 4.19. The summed E-state index contributed by atoms with van der Waals surface area (Å²) in [4.78, 5) is 2.24. The van der Waals surface area contributed by atoms with Gasteiger partial charge in [-0.3, -0.25) is 0 Å². The lowest BCUT2D eigenvalue weighted by Crippen LogP contribution is -2.33. The summed E-state index contributed by atoms with van der Waals surface area (Å²) >= 11 is 0. The third kappa shape index (κ3) is 5.27. The molecule has 0 radical (unpaired) electrons. The largest absolute Gasteiger partial charge is 0.421 e. The van der Waals surface area contributed by atoms with Gasteiger partial charge in [0.15, 0.2) is 0 Å². The SMILES string of the molecule is Br.CN1CCNc2cc(/N=N/c3n(CCCN)cc[n+]3CCCN)ccc21. The first kappa shape index (κ1) is 21.3. The first-order valence-electron chi connectivity index (χ1n) is 9.22. The average Bonchev–Trinajstić information content (AvgIpc) is 3.04. The molecular formula is C18H30BrN8+. The molecule has 0 saturated carbocycles. The number of nitrogens with one attached hydrogen (secondary N) is 1. The highest BCUT2D eigenvalue weighted by Gasteiger charge is 2.17. The highest BCUT2D eigenvalue weighted by molar-refractivity contribution is 8.93. The summed E-state index contributed by atoms with van der Waals surface area (Å²) in [5, 5.41) is 12.4. The Hall–Kier alpha value is -1.97. The van der Waals surface area contributed by atoms with Crippen LogP contribution in [0.3, 0.4) is 0 Å². The number of azo groups is 1. The number of aryl methyl sites for hydroxylation is 2. The molecule has 1 aliphatic rings. The fourth-order valence-electron chi connectivity index (χ4n) is 3.09. The van der Waals surface area contributed by atoms with Gasteiger partial charge in [-0.2, -0.15) is 0 Å². The molecule has 27 heavy (non-hydrogen) atoms. The van der Waals surface area contributed by atoms with Gasteiger partial charge in [-0.05, 0) is 44.1 Å². The predicted molar refractivity (Wildman–Crippen MR) is 115 cm³/mol. The first-order chi connectivity index (χ1) is 12.7. The molecule has 0 fully saturated rings. The van der Waals surface area contributed by atoms with Crippen molar-refractivity contribution >= 4 is 40.0 Å². The van der Waals surface area contributed by atoms with Crippen LogP contribution in [0.25, 0.3) is 0 Å². The van der Waals surface area contributed by atoms with Crippen molar-refractivity contribution in [2.45, 2.75) is 25.9 Å². The average molecular weight is 438 g/mol. The second-order valence-corrected chi connectivity index (χ2v) is 6.52. The monoisotopic (exact) mass is 437 g/mol. The molecule has 2 aromatic rings. The molecule has 1 aliphatic heterocycles. The number of likely N-dealkylation sites (N-methyl/N-ethyl adjacent to an activating group) is 1. The fourth-order valence-corrected chi connectivity index (χ4v) is 3.09. The maximum Gasteiger partial charge on any atom is 0.421 e. The first-order valence-corrected chi connectivity index (χ1v) is 9.22. The second-order valence-electron chi connectivity index (χ2n) is 6.52. The van der Waals surface area contributed by atoms with Crippen LogP contribution in [0.4, 0.5) is 23.0 Å². The van der Waals surface area contributed by atoms with Crippen LogP contribution in [0, 0.1) is 0 Å². The molecule has 5 N–H and O–H groups in total. The van der Waals surface area contributed by atoms with E-state index in [0.717, 1.165) is 56.3 Å². The number of hydrogen-bond donors (Lipinski definition) is 3. The Morgan fingerprint density at radius 2 is 2.00 bits per heavy atom. The molecule has 0 atom stereocenters. The summed E-state index contributed by atoms with van der Waals surface area (Å²) in [7, 11) is 2.10. The standard InChI is InChI=1S/C18H29N8.BrH/c1-24-11-8-21-16-14-15(4-5-17(16)24)22-23-18-25(9-2-6-19)12-13-26(18)10-3-7-20;/h4-5,12-14,21H,2-3,6-11,19-20H2,1H3;1H/q+1;. The second kappa shape index (κ2) is 10.4. The van der Waals surface area contributed by atoms with Crippen molar-refractivity contribution in [3.63, 3.8) is 0 Å². The minimum atomic E-state index is 0. The topological polar surface area (TPSA) is 101 Å². The molecule has 2 heterocycles. The van der Waals surface area contributed by atoms with Gasteiger partial charge in [0.2, 0.25) is 0 Å². The Morgan fingerprint density at radius 1 is 1.19 bits per heavy atom. The summed E-state index contributed by atoms with van der Waals surface area (Å²) in [6.07, 6.45) is 5.88. The number of nitrogens with two attached hydrogens (primary N) is 2. The Morgan fingerprint density at radius 3 is 2.78 bits per heavy atom. The van der Waals surface area contributed by atoms with E-state index >= 15 is 0 Å². The van der Waals surface area contributed by atoms with Crippen molar-refractivity contribution in [2.75, 3.05) is 43.4 Å². The molecular weight excluding hydrogens is 408 g/mol. The minimum Gasteiger partial charge on any atom is -0.382 e. The van der Waals surface area contributed by atoms with Crippen LogP contribution in [0.2, 0.25) is 0 Å². The molecule has 0 spiro atoms. The van der Waals surface area contributed by atoms with E-state index in [-0.39, 0.29) is 17.0 Å². The summed E-state index contributed by atoms with van der Waals surface area (Å²) in [5.74, 6) is 0.828. The van der Waals surface area contributed by atoms with E-state index in [1.165, 1.54) is 5.69 Å². The quantitative estimate of drug-likeness (QED) is 0.435. The lowest BCUT2D eigenvalue weighted by Gasteiger charge is -2.28. The third-order valence-corrected chi connectivity index (χ3v) is 4.56. The highest BCUT2D eigenvalue weighted by atomic mass is 79.9. The van der Waals surface area contributed by atoms with E-state index in [4.69, 9.17) is 11.5 Å². The van der Waals surface area contributed by atoms with Crippen molar-refractivity contribution in [1.82, 2.24) is 4.57 Å². The van der Waals surface area contributed by atoms with Crippen molar-refractivity contribution in [3.8, 4) is 0 Å². The van der Waals surface area contributed by atoms with Crippen LogP contribution in [-0.2, 0) is 13.1 Å². The lowest BCUT2D eigenvalue weighted by atomic mass is 10.2. The van der Waals surface area contributed by atoms with Crippen LogP contribution < -0.4 is 26.3 Å². The Labute approximate surface area is 171 Å². The van der Waals surface area contributed by atoms with Gasteiger partial charge in [0.1, 0.15) is 5.69 Å². The zero-order valence-electron chi connectivity index (χ0n) is 15.8. The van der Waals surface area contributed by atoms with E-state index in [2.05, 4.69) is 42.7 Å². The van der Waals surface area contributed by atoms with Gasteiger partial charge < -0.3 is 21.7 Å². The minimum absolute atomic E-state index is 0. The van der Waals surface area contributed by atoms with Crippen LogP contribution in [-0.4, -0.2) is 37.8 Å². The third-order valence-electron chi connectivity index (χ3n) is 4.56. The number of aromatic nitrogens is 2.